The number of nitrogens with zero attached hydrogens (tertiary/aromatic N) is 4. The molecule has 1 aromatic carbocycles. The van der Waals surface area contributed by atoms with Gasteiger partial charge in [-0.15, -0.1) is 0 Å². The largest absolute Gasteiger partial charge is 0.486 e. The third-order valence-electron chi connectivity index (χ3n) is 4.77. The number of ether oxygens (including phenoxy) is 2. The fourth-order valence-corrected chi connectivity index (χ4v) is 3.20. The number of aryl methyl sites for hydroxylation is 2. The van der Waals surface area contributed by atoms with Crippen molar-refractivity contribution in [1.82, 2.24) is 19.9 Å². The standard InChI is InChI=1S/C20H21ClN4O4/c1-13-17(28-16-8-9-27-12-16)10-22-25(20(13)26)11-19-23-18(24-29-19)7-4-14-2-5-15(21)6-3-14/h2-3,5-6,10,16H,4,7-9,11-12H2,1H3/t16-/m0/s1. The second-order valence-electron chi connectivity index (χ2n) is 6.93. The minimum Gasteiger partial charge on any atom is -0.486 e. The van der Waals surface area contributed by atoms with E-state index in [1.807, 2.05) is 24.3 Å². The Bertz CT molecular complexity index is 1030. The topological polar surface area (TPSA) is 92.3 Å². The Hall–Kier alpha value is -2.71. The summed E-state index contributed by atoms with van der Waals surface area (Å²) in [6, 6.07) is 7.64. The molecule has 1 saturated heterocycles. The lowest BCUT2D eigenvalue weighted by Crippen LogP contribution is -2.27. The predicted molar refractivity (Wildman–Crippen MR) is 105 cm³/mol. The molecule has 1 atom stereocenters. The average Bonchev–Trinajstić information content (AvgIpc) is 3.39. The Labute approximate surface area is 172 Å². The van der Waals surface area contributed by atoms with Crippen molar-refractivity contribution in [2.75, 3.05) is 13.2 Å². The van der Waals surface area contributed by atoms with Gasteiger partial charge >= 0.3 is 0 Å². The van der Waals surface area contributed by atoms with Gasteiger partial charge in [-0.25, -0.2) is 4.68 Å². The molecule has 3 heterocycles. The Morgan fingerprint density at radius 3 is 2.86 bits per heavy atom. The van der Waals surface area contributed by atoms with E-state index in [9.17, 15) is 4.79 Å². The molecule has 4 rings (SSSR count). The van der Waals surface area contributed by atoms with Gasteiger partial charge in [-0.2, -0.15) is 10.1 Å². The van der Waals surface area contributed by atoms with Crippen LogP contribution in [0.25, 0.3) is 0 Å². The van der Waals surface area contributed by atoms with E-state index in [1.165, 1.54) is 4.68 Å². The van der Waals surface area contributed by atoms with Crippen LogP contribution in [0.1, 0.15) is 29.3 Å². The third kappa shape index (κ3) is 4.83. The summed E-state index contributed by atoms with van der Waals surface area (Å²) in [7, 11) is 0. The maximum Gasteiger partial charge on any atom is 0.273 e. The molecular formula is C20H21ClN4O4. The molecule has 8 nitrogen and oxygen atoms in total. The lowest BCUT2D eigenvalue weighted by Gasteiger charge is -2.14. The van der Waals surface area contributed by atoms with Crippen LogP contribution in [-0.2, 0) is 24.1 Å². The molecule has 0 spiro atoms. The number of hydrogen-bond donors (Lipinski definition) is 0. The van der Waals surface area contributed by atoms with Gasteiger partial charge in [-0.3, -0.25) is 4.79 Å². The minimum absolute atomic E-state index is 0.0371. The van der Waals surface area contributed by atoms with Crippen LogP contribution in [0.4, 0.5) is 0 Å². The fourth-order valence-electron chi connectivity index (χ4n) is 3.08. The highest BCUT2D eigenvalue weighted by Crippen LogP contribution is 2.18. The molecule has 0 bridgehead atoms. The zero-order chi connectivity index (χ0) is 20.2. The first-order valence-electron chi connectivity index (χ1n) is 9.45. The molecule has 9 heteroatoms. The van der Waals surface area contributed by atoms with Gasteiger partial charge in [-0.05, 0) is 31.0 Å². The van der Waals surface area contributed by atoms with E-state index in [0.29, 0.717) is 47.7 Å². The first kappa shape index (κ1) is 19.6. The van der Waals surface area contributed by atoms with Crippen LogP contribution >= 0.6 is 11.6 Å². The number of aromatic nitrogens is 4. The van der Waals surface area contributed by atoms with Crippen LogP contribution < -0.4 is 10.3 Å². The molecule has 29 heavy (non-hydrogen) atoms. The van der Waals surface area contributed by atoms with Crippen molar-refractivity contribution in [3.05, 3.63) is 68.7 Å². The summed E-state index contributed by atoms with van der Waals surface area (Å²) in [6.45, 7) is 3.03. The average molecular weight is 417 g/mol. The van der Waals surface area contributed by atoms with Crippen molar-refractivity contribution in [3.63, 3.8) is 0 Å². The molecule has 0 N–H and O–H groups in total. The van der Waals surface area contributed by atoms with Crippen molar-refractivity contribution < 1.29 is 14.0 Å². The zero-order valence-electron chi connectivity index (χ0n) is 16.0. The molecule has 1 aliphatic heterocycles. The smallest absolute Gasteiger partial charge is 0.273 e. The lowest BCUT2D eigenvalue weighted by atomic mass is 10.1. The minimum atomic E-state index is -0.248. The quantitative estimate of drug-likeness (QED) is 0.584. The normalized spacial score (nSPS) is 16.3. The van der Waals surface area contributed by atoms with Crippen molar-refractivity contribution in [1.29, 1.82) is 0 Å². The maximum atomic E-state index is 12.6. The third-order valence-corrected chi connectivity index (χ3v) is 5.02. The first-order chi connectivity index (χ1) is 14.1. The summed E-state index contributed by atoms with van der Waals surface area (Å²) in [6.07, 6.45) is 3.72. The summed E-state index contributed by atoms with van der Waals surface area (Å²) in [5.41, 5.74) is 1.38. The highest BCUT2D eigenvalue weighted by atomic mass is 35.5. The van der Waals surface area contributed by atoms with Gasteiger partial charge in [0, 0.05) is 17.9 Å². The van der Waals surface area contributed by atoms with E-state index in [-0.39, 0.29) is 18.2 Å². The molecule has 3 aromatic rings. The number of hydrogen-bond acceptors (Lipinski definition) is 7. The van der Waals surface area contributed by atoms with Gasteiger partial charge in [0.1, 0.15) is 18.4 Å². The van der Waals surface area contributed by atoms with E-state index in [4.69, 9.17) is 25.6 Å². The van der Waals surface area contributed by atoms with Crippen molar-refractivity contribution >= 4 is 11.6 Å². The molecule has 152 valence electrons. The Morgan fingerprint density at radius 2 is 2.10 bits per heavy atom. The number of rotatable bonds is 7. The van der Waals surface area contributed by atoms with Crippen LogP contribution in [0, 0.1) is 6.92 Å². The molecule has 1 aliphatic rings. The highest BCUT2D eigenvalue weighted by molar-refractivity contribution is 6.30. The van der Waals surface area contributed by atoms with E-state index in [2.05, 4.69) is 15.2 Å². The van der Waals surface area contributed by atoms with E-state index < -0.39 is 0 Å². The van der Waals surface area contributed by atoms with Gasteiger partial charge in [0.05, 0.1) is 25.0 Å². The van der Waals surface area contributed by atoms with Gasteiger partial charge < -0.3 is 14.0 Å². The highest BCUT2D eigenvalue weighted by Gasteiger charge is 2.20. The van der Waals surface area contributed by atoms with Crippen LogP contribution in [0.3, 0.4) is 0 Å². The Kier molecular flexibility index (Phi) is 5.92. The summed E-state index contributed by atoms with van der Waals surface area (Å²) in [5.74, 6) is 1.40. The monoisotopic (exact) mass is 416 g/mol. The van der Waals surface area contributed by atoms with Gasteiger partial charge in [-0.1, -0.05) is 28.9 Å². The van der Waals surface area contributed by atoms with Crippen LogP contribution in [0.5, 0.6) is 5.75 Å². The van der Waals surface area contributed by atoms with Crippen molar-refractivity contribution in [3.8, 4) is 5.75 Å². The van der Waals surface area contributed by atoms with Crippen LogP contribution in [0.15, 0.2) is 39.8 Å². The molecule has 2 aromatic heterocycles. The fraction of sp³-hybridized carbons (Fsp3) is 0.400. The van der Waals surface area contributed by atoms with Crippen LogP contribution in [0.2, 0.25) is 5.02 Å². The first-order valence-corrected chi connectivity index (χ1v) is 9.83. The summed E-state index contributed by atoms with van der Waals surface area (Å²) in [4.78, 5) is 17.0. The molecule has 0 amide bonds. The summed E-state index contributed by atoms with van der Waals surface area (Å²) in [5, 5.41) is 8.88. The second kappa shape index (κ2) is 8.75. The number of halogens is 1. The molecule has 0 unspecified atom stereocenters. The van der Waals surface area contributed by atoms with Gasteiger partial charge in [0.2, 0.25) is 5.89 Å². The predicted octanol–water partition coefficient (Wildman–Crippen LogP) is 2.59. The van der Waals surface area contributed by atoms with E-state index in [0.717, 1.165) is 18.4 Å². The van der Waals surface area contributed by atoms with E-state index in [1.54, 1.807) is 13.1 Å². The SMILES string of the molecule is Cc1c(O[C@H]2CCOC2)cnn(Cc2nc(CCc3ccc(Cl)cc3)no2)c1=O. The van der Waals surface area contributed by atoms with Crippen molar-refractivity contribution in [2.24, 2.45) is 0 Å². The van der Waals surface area contributed by atoms with Gasteiger partial charge in [0.25, 0.3) is 5.56 Å². The van der Waals surface area contributed by atoms with E-state index >= 15 is 0 Å². The summed E-state index contributed by atoms with van der Waals surface area (Å²) >= 11 is 5.90. The molecule has 0 saturated carbocycles. The number of benzene rings is 1. The molecule has 0 radical (unpaired) electrons. The molecular weight excluding hydrogens is 396 g/mol. The second-order valence-corrected chi connectivity index (χ2v) is 7.37. The maximum absolute atomic E-state index is 12.6. The van der Waals surface area contributed by atoms with Crippen LogP contribution in [-0.4, -0.2) is 39.2 Å². The Balaban J connectivity index is 1.39. The lowest BCUT2D eigenvalue weighted by molar-refractivity contribution is 0.140. The zero-order valence-corrected chi connectivity index (χ0v) is 16.8. The summed E-state index contributed by atoms with van der Waals surface area (Å²) < 4.78 is 17.7. The van der Waals surface area contributed by atoms with Gasteiger partial charge in [0.15, 0.2) is 5.82 Å². The molecule has 0 aliphatic carbocycles. The van der Waals surface area contributed by atoms with Crippen molar-refractivity contribution in [2.45, 2.75) is 38.8 Å². The Morgan fingerprint density at radius 1 is 1.28 bits per heavy atom. The molecule has 1 fully saturated rings.